The third-order valence-electron chi connectivity index (χ3n) is 5.42. The fourth-order valence-electron chi connectivity index (χ4n) is 3.66. The topological polar surface area (TPSA) is 143 Å². The van der Waals surface area contributed by atoms with E-state index in [0.29, 0.717) is 25.3 Å². The van der Waals surface area contributed by atoms with Crippen molar-refractivity contribution in [2.75, 3.05) is 26.3 Å². The molecule has 3 heterocycles. The Morgan fingerprint density at radius 3 is 2.33 bits per heavy atom. The molecule has 1 saturated heterocycles. The van der Waals surface area contributed by atoms with Gasteiger partial charge >= 0.3 is 17.8 Å². The summed E-state index contributed by atoms with van der Waals surface area (Å²) in [6.45, 7) is 2.10. The van der Waals surface area contributed by atoms with E-state index in [1.807, 2.05) is 0 Å². The van der Waals surface area contributed by atoms with Crippen molar-refractivity contribution in [2.45, 2.75) is 31.9 Å². The summed E-state index contributed by atoms with van der Waals surface area (Å²) in [4.78, 5) is 48.6. The van der Waals surface area contributed by atoms with Crippen LogP contribution in [0.4, 0.5) is 17.6 Å². The second kappa shape index (κ2) is 10.9. The van der Waals surface area contributed by atoms with Crippen molar-refractivity contribution >= 4 is 11.9 Å². The van der Waals surface area contributed by atoms with Crippen molar-refractivity contribution in [1.82, 2.24) is 19.4 Å². The normalized spacial score (nSPS) is 17.7. The van der Waals surface area contributed by atoms with E-state index >= 15 is 0 Å². The first-order valence-corrected chi connectivity index (χ1v) is 10.6. The van der Waals surface area contributed by atoms with E-state index in [0.717, 1.165) is 9.13 Å². The Kier molecular flexibility index (Phi) is 8.14. The minimum absolute atomic E-state index is 0.0407. The van der Waals surface area contributed by atoms with Gasteiger partial charge in [-0.2, -0.15) is 13.2 Å². The van der Waals surface area contributed by atoms with E-state index in [1.54, 1.807) is 12.1 Å². The van der Waals surface area contributed by atoms with Crippen LogP contribution in [0.5, 0.6) is 5.75 Å². The Hall–Kier alpha value is -3.72. The third kappa shape index (κ3) is 6.09. The van der Waals surface area contributed by atoms with Gasteiger partial charge in [0.1, 0.15) is 5.82 Å². The molecule has 2 aliphatic rings. The van der Waals surface area contributed by atoms with Gasteiger partial charge in [0.2, 0.25) is 5.75 Å². The van der Waals surface area contributed by atoms with E-state index in [1.165, 1.54) is 17.0 Å². The summed E-state index contributed by atoms with van der Waals surface area (Å²) in [7, 11) is 0. The molecular formula is C21H22F4N4O7. The van der Waals surface area contributed by atoms with Crippen LogP contribution in [0.2, 0.25) is 0 Å². The molecule has 0 saturated carbocycles. The van der Waals surface area contributed by atoms with E-state index in [-0.39, 0.29) is 43.7 Å². The number of alkyl halides is 3. The molecule has 2 aromatic rings. The number of fused-ring (bicyclic) bond motifs is 1. The maximum atomic E-state index is 13.1. The molecule has 0 spiro atoms. The van der Waals surface area contributed by atoms with Crippen molar-refractivity contribution in [2.24, 2.45) is 0 Å². The number of carboxylic acid groups (broad SMARTS) is 1. The Morgan fingerprint density at radius 2 is 1.78 bits per heavy atom. The molecule has 15 heteroatoms. The highest BCUT2D eigenvalue weighted by molar-refractivity contribution is 5.95. The number of benzene rings is 1. The van der Waals surface area contributed by atoms with Gasteiger partial charge in [0.05, 0.1) is 13.2 Å². The zero-order valence-electron chi connectivity index (χ0n) is 18.6. The smallest absolute Gasteiger partial charge is 0.490 e. The van der Waals surface area contributed by atoms with Crippen LogP contribution in [0, 0.1) is 5.82 Å². The first-order chi connectivity index (χ1) is 16.9. The van der Waals surface area contributed by atoms with Crippen molar-refractivity contribution in [3.05, 3.63) is 62.2 Å². The highest BCUT2D eigenvalue weighted by Crippen LogP contribution is 2.19. The molecule has 4 rings (SSSR count). The molecule has 1 fully saturated rings. The lowest BCUT2D eigenvalue weighted by Crippen LogP contribution is -2.53. The van der Waals surface area contributed by atoms with Crippen LogP contribution in [0.25, 0.3) is 0 Å². The SMILES string of the molecule is O=C(O)C(F)(F)F.O=C1c2c(O)c(=O)n(CC3COCCN3)c(=O)n2CCN1Cc1ccc(F)cc1. The molecule has 36 heavy (non-hydrogen) atoms. The van der Waals surface area contributed by atoms with Crippen LogP contribution in [-0.2, 0) is 29.2 Å². The van der Waals surface area contributed by atoms with Crippen LogP contribution in [0.1, 0.15) is 16.1 Å². The number of rotatable bonds is 4. The van der Waals surface area contributed by atoms with Crippen LogP contribution in [0.3, 0.4) is 0 Å². The second-order valence-electron chi connectivity index (χ2n) is 7.93. The number of nitrogens with one attached hydrogen (secondary N) is 1. The fourth-order valence-corrected chi connectivity index (χ4v) is 3.66. The first-order valence-electron chi connectivity index (χ1n) is 10.6. The molecule has 2 aliphatic heterocycles. The molecule has 1 aromatic heterocycles. The number of nitrogens with zero attached hydrogens (tertiary/aromatic N) is 3. The van der Waals surface area contributed by atoms with Gasteiger partial charge < -0.3 is 25.2 Å². The summed E-state index contributed by atoms with van der Waals surface area (Å²) in [6.07, 6.45) is -5.08. The molecule has 1 amide bonds. The van der Waals surface area contributed by atoms with Gasteiger partial charge in [0.25, 0.3) is 11.5 Å². The Morgan fingerprint density at radius 1 is 1.14 bits per heavy atom. The largest absolute Gasteiger partial charge is 0.501 e. The number of ether oxygens (including phenoxy) is 1. The molecule has 0 bridgehead atoms. The minimum Gasteiger partial charge on any atom is -0.501 e. The average molecular weight is 518 g/mol. The standard InChI is InChI=1S/C19H21FN4O5.C2HF3O2/c20-13-3-1-12(2-4-13)9-22-6-7-23-15(17(22)26)16(25)18(27)24(19(23)28)10-14-11-29-8-5-21-14;3-2(4,5)1(6)7/h1-4,14,21,25H,5-11H2;(H,6,7). The maximum absolute atomic E-state index is 13.1. The van der Waals surface area contributed by atoms with Gasteiger partial charge in [-0.3, -0.25) is 18.7 Å². The number of aromatic hydroxyl groups is 1. The lowest BCUT2D eigenvalue weighted by molar-refractivity contribution is -0.192. The minimum atomic E-state index is -5.08. The van der Waals surface area contributed by atoms with Crippen molar-refractivity contribution in [3.8, 4) is 5.75 Å². The molecule has 196 valence electrons. The number of morpholine rings is 1. The van der Waals surface area contributed by atoms with Gasteiger partial charge in [-0.25, -0.2) is 14.0 Å². The van der Waals surface area contributed by atoms with Gasteiger partial charge in [0, 0.05) is 38.8 Å². The van der Waals surface area contributed by atoms with E-state index in [9.17, 15) is 37.1 Å². The fraction of sp³-hybridized carbons (Fsp3) is 0.429. The monoisotopic (exact) mass is 518 g/mol. The summed E-state index contributed by atoms with van der Waals surface area (Å²) in [5, 5.41) is 20.7. The number of halogens is 4. The number of amides is 1. The highest BCUT2D eigenvalue weighted by Gasteiger charge is 2.38. The van der Waals surface area contributed by atoms with E-state index in [2.05, 4.69) is 5.32 Å². The highest BCUT2D eigenvalue weighted by atomic mass is 19.4. The third-order valence-corrected chi connectivity index (χ3v) is 5.42. The van der Waals surface area contributed by atoms with Crippen LogP contribution in [0.15, 0.2) is 33.9 Å². The zero-order chi connectivity index (χ0) is 26.6. The van der Waals surface area contributed by atoms with Crippen LogP contribution >= 0.6 is 0 Å². The predicted molar refractivity (Wildman–Crippen MR) is 114 cm³/mol. The van der Waals surface area contributed by atoms with Gasteiger partial charge in [-0.1, -0.05) is 12.1 Å². The van der Waals surface area contributed by atoms with Crippen LogP contribution < -0.4 is 16.6 Å². The molecule has 1 atom stereocenters. The lowest BCUT2D eigenvalue weighted by Gasteiger charge is -2.30. The first kappa shape index (κ1) is 26.9. The van der Waals surface area contributed by atoms with Gasteiger partial charge in [0.15, 0.2) is 5.69 Å². The number of hydrogen-bond donors (Lipinski definition) is 3. The molecule has 1 unspecified atom stereocenters. The van der Waals surface area contributed by atoms with Crippen molar-refractivity contribution in [3.63, 3.8) is 0 Å². The number of aromatic nitrogens is 2. The quantitative estimate of drug-likeness (QED) is 0.485. The number of carbonyl (C=O) groups is 2. The molecule has 11 nitrogen and oxygen atoms in total. The average Bonchev–Trinajstić information content (AvgIpc) is 2.83. The zero-order valence-corrected chi connectivity index (χ0v) is 18.6. The molecule has 0 aliphatic carbocycles. The summed E-state index contributed by atoms with van der Waals surface area (Å²) >= 11 is 0. The summed E-state index contributed by atoms with van der Waals surface area (Å²) < 4.78 is 52.2. The predicted octanol–water partition coefficient (Wildman–Crippen LogP) is 0.132. The Bertz CT molecular complexity index is 1240. The Labute approximate surface area is 200 Å². The van der Waals surface area contributed by atoms with E-state index < -0.39 is 35.1 Å². The summed E-state index contributed by atoms with van der Waals surface area (Å²) in [5.74, 6) is -4.49. The molecular weight excluding hydrogens is 496 g/mol. The maximum Gasteiger partial charge on any atom is 0.490 e. The summed E-state index contributed by atoms with van der Waals surface area (Å²) in [6, 6.07) is 5.47. The number of carboxylic acids is 1. The van der Waals surface area contributed by atoms with Crippen LogP contribution in [-0.4, -0.2) is 74.6 Å². The van der Waals surface area contributed by atoms with E-state index in [4.69, 9.17) is 14.6 Å². The molecule has 1 aromatic carbocycles. The number of hydrogen-bond acceptors (Lipinski definition) is 7. The molecule has 3 N–H and O–H groups in total. The lowest BCUT2D eigenvalue weighted by atomic mass is 10.1. The van der Waals surface area contributed by atoms with Gasteiger partial charge in [-0.15, -0.1) is 0 Å². The van der Waals surface area contributed by atoms with Crippen molar-refractivity contribution < 1.29 is 42.1 Å². The second-order valence-corrected chi connectivity index (χ2v) is 7.93. The molecule has 0 radical (unpaired) electrons. The van der Waals surface area contributed by atoms with Crippen molar-refractivity contribution in [1.29, 1.82) is 0 Å². The Balaban J connectivity index is 0.000000454. The summed E-state index contributed by atoms with van der Waals surface area (Å²) in [5.41, 5.74) is -1.14. The number of carbonyl (C=O) groups excluding carboxylic acids is 1. The van der Waals surface area contributed by atoms with Gasteiger partial charge in [-0.05, 0) is 17.7 Å². The number of aliphatic carboxylic acids is 1.